The van der Waals surface area contributed by atoms with Crippen molar-refractivity contribution in [2.75, 3.05) is 26.2 Å². The zero-order valence-electron chi connectivity index (χ0n) is 25.6. The number of amides is 1. The van der Waals surface area contributed by atoms with Crippen molar-refractivity contribution in [3.8, 4) is 17.3 Å². The minimum Gasteiger partial charge on any atom is -0.346 e. The fourth-order valence-corrected chi connectivity index (χ4v) is 4.92. The first-order chi connectivity index (χ1) is 21.0. The number of nitriles is 1. The summed E-state index contributed by atoms with van der Waals surface area (Å²) in [4.78, 5) is 29.3. The molecule has 4 aromatic heterocycles. The van der Waals surface area contributed by atoms with Crippen LogP contribution < -0.4 is 0 Å². The van der Waals surface area contributed by atoms with Gasteiger partial charge in [-0.2, -0.15) is 23.5 Å². The molecule has 40 heavy (non-hydrogen) atoms. The summed E-state index contributed by atoms with van der Waals surface area (Å²) in [6.45, 7) is -2.14. The summed E-state index contributed by atoms with van der Waals surface area (Å²) in [6, 6.07) is 1.97. The minimum atomic E-state index is -5.20. The lowest BCUT2D eigenvalue weighted by molar-refractivity contribution is -0.143. The highest BCUT2D eigenvalue weighted by atomic mass is 19.4. The Kier molecular flexibility index (Phi) is 4.96. The van der Waals surface area contributed by atoms with Crippen LogP contribution in [-0.2, 0) is 11.7 Å². The second-order valence-corrected chi connectivity index (χ2v) is 9.43. The van der Waals surface area contributed by atoms with Crippen LogP contribution in [0.2, 0.25) is 0 Å². The van der Waals surface area contributed by atoms with E-state index in [0.717, 1.165) is 5.39 Å². The first-order valence-electron chi connectivity index (χ1n) is 14.5. The summed E-state index contributed by atoms with van der Waals surface area (Å²) in [6.07, 6.45) is -4.03. The molecule has 2 aliphatic rings. The maximum Gasteiger partial charge on any atom is 0.436 e. The number of aromatic amines is 1. The Morgan fingerprint density at radius 2 is 2.02 bits per heavy atom. The van der Waals surface area contributed by atoms with E-state index in [1.807, 2.05) is 0 Å². The molecule has 6 rings (SSSR count). The molecule has 14 heteroatoms. The maximum atomic E-state index is 14.7. The summed E-state index contributed by atoms with van der Waals surface area (Å²) in [5, 5.41) is 14.8. The average Bonchev–Trinajstić information content (AvgIpc) is 3.62. The molecule has 0 bridgehead atoms. The highest BCUT2D eigenvalue weighted by Crippen LogP contribution is 2.37. The van der Waals surface area contributed by atoms with E-state index in [9.17, 15) is 27.6 Å². The predicted octanol–water partition coefficient (Wildman–Crippen LogP) is 3.60. The molecule has 0 atom stereocenters. The van der Waals surface area contributed by atoms with Gasteiger partial charge in [0.25, 0.3) is 5.91 Å². The van der Waals surface area contributed by atoms with Crippen LogP contribution in [0, 0.1) is 17.1 Å². The third-order valence-corrected chi connectivity index (χ3v) is 6.94. The molecule has 0 unspecified atom stereocenters. The molecule has 6 heterocycles. The molecule has 4 aromatic rings. The van der Waals surface area contributed by atoms with E-state index < -0.39 is 66.6 Å². The van der Waals surface area contributed by atoms with E-state index in [2.05, 4.69) is 31.1 Å². The Bertz CT molecular complexity index is 1830. The first kappa shape index (κ1) is 20.5. The number of likely N-dealkylation sites (tertiary alicyclic amines) is 2. The number of piperidine rings is 1. The number of carbonyl (C=O) groups is 1. The number of nitrogens with one attached hydrogen (secondary N) is 1. The van der Waals surface area contributed by atoms with Crippen LogP contribution in [0.3, 0.4) is 0 Å². The molecule has 0 spiro atoms. The molecule has 1 N–H and O–H groups in total. The van der Waals surface area contributed by atoms with Gasteiger partial charge >= 0.3 is 6.18 Å². The zero-order valence-corrected chi connectivity index (χ0v) is 20.6. The summed E-state index contributed by atoms with van der Waals surface area (Å²) in [5.41, 5.74) is -2.25. The lowest BCUT2D eigenvalue weighted by Crippen LogP contribution is -2.66. The minimum absolute atomic E-state index is 0.108. The normalized spacial score (nSPS) is 23.2. The van der Waals surface area contributed by atoms with Crippen LogP contribution in [0.4, 0.5) is 17.6 Å². The highest BCUT2D eigenvalue weighted by molar-refractivity contribution is 5.94. The molecule has 0 aliphatic carbocycles. The Hall–Kier alpha value is -4.38. The highest BCUT2D eigenvalue weighted by Gasteiger charge is 2.48. The summed E-state index contributed by atoms with van der Waals surface area (Å²) < 4.78 is 99.7. The fourth-order valence-electron chi connectivity index (χ4n) is 4.92. The van der Waals surface area contributed by atoms with Gasteiger partial charge in [-0.1, -0.05) is 0 Å². The monoisotopic (exact) mass is 558 g/mol. The lowest BCUT2D eigenvalue weighted by atomic mass is 9.83. The molecular formula is C26H23F4N9O. The molecule has 2 fully saturated rings. The fraction of sp³-hybridized carbons (Fsp3) is 0.385. The van der Waals surface area contributed by atoms with Crippen LogP contribution in [0.5, 0.6) is 0 Å². The number of nitrogens with zero attached hydrogens (tertiary/aromatic N) is 8. The van der Waals surface area contributed by atoms with E-state index in [1.165, 1.54) is 22.1 Å². The van der Waals surface area contributed by atoms with Gasteiger partial charge in [-0.25, -0.2) is 19.3 Å². The van der Waals surface area contributed by atoms with Crippen molar-refractivity contribution in [2.45, 2.75) is 36.9 Å². The van der Waals surface area contributed by atoms with Gasteiger partial charge in [-0.05, 0) is 24.9 Å². The van der Waals surface area contributed by atoms with Crippen molar-refractivity contribution in [2.24, 2.45) is 0 Å². The van der Waals surface area contributed by atoms with E-state index in [4.69, 9.17) is 6.85 Å². The van der Waals surface area contributed by atoms with E-state index >= 15 is 0 Å². The average molecular weight is 559 g/mol. The van der Waals surface area contributed by atoms with Crippen LogP contribution >= 0.6 is 0 Å². The van der Waals surface area contributed by atoms with Gasteiger partial charge in [-0.15, -0.1) is 0 Å². The first-order valence-corrected chi connectivity index (χ1v) is 12.0. The predicted molar refractivity (Wildman–Crippen MR) is 133 cm³/mol. The molecular weight excluding hydrogens is 530 g/mol. The lowest BCUT2D eigenvalue weighted by Gasteiger charge is -2.53. The summed E-state index contributed by atoms with van der Waals surface area (Å²) in [7, 11) is 0. The quantitative estimate of drug-likeness (QED) is 0.372. The third kappa shape index (κ3) is 4.36. The van der Waals surface area contributed by atoms with E-state index in [1.54, 1.807) is 18.5 Å². The molecule has 0 aromatic carbocycles. The van der Waals surface area contributed by atoms with Crippen molar-refractivity contribution >= 4 is 16.9 Å². The van der Waals surface area contributed by atoms with Crippen LogP contribution in [-0.4, -0.2) is 77.6 Å². The number of rotatable bonds is 5. The smallest absolute Gasteiger partial charge is 0.346 e. The number of alkyl halides is 3. The van der Waals surface area contributed by atoms with Gasteiger partial charge in [-0.3, -0.25) is 14.4 Å². The van der Waals surface area contributed by atoms with Crippen molar-refractivity contribution in [1.82, 2.24) is 39.5 Å². The molecule has 0 radical (unpaired) electrons. The van der Waals surface area contributed by atoms with Crippen LogP contribution in [0.15, 0.2) is 43.2 Å². The second kappa shape index (κ2) is 9.67. The van der Waals surface area contributed by atoms with Crippen LogP contribution in [0.1, 0.15) is 42.1 Å². The standard InChI is InChI=1S/C26H23F4N9O/c27-20-18(1-7-32-22(20)26(28,29)30)24(40)37-9-3-17(4-10-37)38-13-25(14-38,5-6-31)39-12-16(11-36-39)21-19-2-8-33-23(19)35-15-34-21/h1-2,7-8,11-12,15,17H,3-5,9-10,13-14H2,(H,33,34,35)/i3D2,4D2,17D. The van der Waals surface area contributed by atoms with E-state index in [0.29, 0.717) is 34.1 Å². The van der Waals surface area contributed by atoms with Crippen molar-refractivity contribution < 1.29 is 29.2 Å². The number of fused-ring (bicyclic) bond motifs is 1. The number of hydrogen-bond acceptors (Lipinski definition) is 7. The SMILES string of the molecule is [2H]C1([2H])CN(C(=O)c2ccnc(C(F)(F)F)c2F)CC([2H])([2H])C1([2H])N1CC(CC#N)(n2cc(-c3ncnc4[nH]ccc34)cn2)C1. The number of H-pyrrole nitrogens is 1. The van der Waals surface area contributed by atoms with Gasteiger partial charge in [0.2, 0.25) is 0 Å². The molecule has 2 saturated heterocycles. The summed E-state index contributed by atoms with van der Waals surface area (Å²) >= 11 is 0. The molecule has 1 amide bonds. The van der Waals surface area contributed by atoms with Gasteiger partial charge in [0, 0.05) is 68.6 Å². The van der Waals surface area contributed by atoms with E-state index in [-0.39, 0.29) is 19.5 Å². The topological polar surface area (TPSA) is 120 Å². The van der Waals surface area contributed by atoms with Gasteiger partial charge in [0.05, 0.1) is 29.9 Å². The number of halogens is 4. The molecule has 206 valence electrons. The molecule has 10 nitrogen and oxygen atoms in total. The van der Waals surface area contributed by atoms with Gasteiger partial charge < -0.3 is 9.88 Å². The Morgan fingerprint density at radius 1 is 1.25 bits per heavy atom. The number of pyridine rings is 1. The van der Waals surface area contributed by atoms with Crippen molar-refractivity contribution in [1.29, 1.82) is 5.26 Å². The Morgan fingerprint density at radius 3 is 2.75 bits per heavy atom. The van der Waals surface area contributed by atoms with Gasteiger partial charge in [0.1, 0.15) is 17.5 Å². The Balaban J connectivity index is 1.27. The van der Waals surface area contributed by atoms with Crippen LogP contribution in [0.25, 0.3) is 22.3 Å². The number of hydrogen-bond donors (Lipinski definition) is 1. The van der Waals surface area contributed by atoms with Crippen molar-refractivity contribution in [3.63, 3.8) is 0 Å². The molecule has 2 aliphatic heterocycles. The molecule has 0 saturated carbocycles. The second-order valence-electron chi connectivity index (χ2n) is 9.43. The Labute approximate surface area is 232 Å². The zero-order chi connectivity index (χ0) is 32.6. The largest absolute Gasteiger partial charge is 0.436 e. The number of aromatic nitrogens is 6. The maximum absolute atomic E-state index is 14.7. The van der Waals surface area contributed by atoms with Crippen molar-refractivity contribution in [3.05, 3.63) is 60.3 Å². The summed E-state index contributed by atoms with van der Waals surface area (Å²) in [5.74, 6) is -3.33. The van der Waals surface area contributed by atoms with Gasteiger partial charge in [0.15, 0.2) is 11.5 Å². The third-order valence-electron chi connectivity index (χ3n) is 6.94. The number of carbonyl (C=O) groups excluding carboxylic acids is 1.